The van der Waals surface area contributed by atoms with E-state index >= 15 is 0 Å². The number of anilines is 1. The van der Waals surface area contributed by atoms with Gasteiger partial charge in [0.15, 0.2) is 0 Å². The highest BCUT2D eigenvalue weighted by Crippen LogP contribution is 2.36. The minimum atomic E-state index is -0.441. The number of benzene rings is 2. The van der Waals surface area contributed by atoms with Crippen molar-refractivity contribution in [2.45, 2.75) is 20.4 Å². The van der Waals surface area contributed by atoms with Crippen LogP contribution in [-0.4, -0.2) is 36.2 Å². The van der Waals surface area contributed by atoms with Crippen LogP contribution in [-0.2, 0) is 11.3 Å². The van der Waals surface area contributed by atoms with Gasteiger partial charge < -0.3 is 9.64 Å². The van der Waals surface area contributed by atoms with Gasteiger partial charge in [0.05, 0.1) is 18.6 Å². The van der Waals surface area contributed by atoms with E-state index in [0.29, 0.717) is 21.8 Å². The van der Waals surface area contributed by atoms with Crippen LogP contribution in [0.3, 0.4) is 0 Å². The van der Waals surface area contributed by atoms with Crippen molar-refractivity contribution in [3.8, 4) is 5.75 Å². The quantitative estimate of drug-likeness (QED) is 0.602. The molecule has 0 aliphatic carbocycles. The molecule has 0 N–H and O–H groups in total. The molecule has 2 aromatic carbocycles. The van der Waals surface area contributed by atoms with Crippen molar-refractivity contribution in [2.75, 3.05) is 25.1 Å². The highest BCUT2D eigenvalue weighted by molar-refractivity contribution is 8.18. The third-order valence-corrected chi connectivity index (χ3v) is 5.70. The van der Waals surface area contributed by atoms with Crippen LogP contribution >= 0.6 is 11.8 Å². The van der Waals surface area contributed by atoms with Crippen molar-refractivity contribution in [1.82, 2.24) is 4.90 Å². The Balaban J connectivity index is 1.86. The smallest absolute Gasteiger partial charge is 0.293 e. The summed E-state index contributed by atoms with van der Waals surface area (Å²) in [6.07, 6.45) is 1.65. The Hall–Kier alpha value is -2.80. The maximum Gasteiger partial charge on any atom is 0.293 e. The lowest BCUT2D eigenvalue weighted by Crippen LogP contribution is -2.27. The zero-order valence-corrected chi connectivity index (χ0v) is 17.5. The van der Waals surface area contributed by atoms with E-state index in [-0.39, 0.29) is 6.54 Å². The molecule has 2 aromatic rings. The zero-order valence-electron chi connectivity index (χ0n) is 16.6. The summed E-state index contributed by atoms with van der Waals surface area (Å²) in [7, 11) is 1.57. The van der Waals surface area contributed by atoms with E-state index in [1.54, 1.807) is 31.4 Å². The Bertz CT molecular complexity index is 957. The second-order valence-corrected chi connectivity index (χ2v) is 7.45. The first kappa shape index (κ1) is 20.9. The molecule has 0 radical (unpaired) electrons. The molecular formula is C22H23FN2O3S. The van der Waals surface area contributed by atoms with Gasteiger partial charge in [-0.3, -0.25) is 14.5 Å². The van der Waals surface area contributed by atoms with E-state index in [0.717, 1.165) is 35.4 Å². The molecule has 1 aliphatic heterocycles. The lowest BCUT2D eigenvalue weighted by Gasteiger charge is -2.22. The van der Waals surface area contributed by atoms with Gasteiger partial charge in [0, 0.05) is 36.0 Å². The van der Waals surface area contributed by atoms with Gasteiger partial charge in [-0.15, -0.1) is 0 Å². The summed E-state index contributed by atoms with van der Waals surface area (Å²) in [6, 6.07) is 11.9. The van der Waals surface area contributed by atoms with Gasteiger partial charge in [-0.05, 0) is 49.9 Å². The molecule has 5 nitrogen and oxygen atoms in total. The zero-order chi connectivity index (χ0) is 21.0. The molecule has 152 valence electrons. The number of hydrogen-bond acceptors (Lipinski definition) is 5. The van der Waals surface area contributed by atoms with Gasteiger partial charge >= 0.3 is 0 Å². The Labute approximate surface area is 174 Å². The van der Waals surface area contributed by atoms with E-state index in [2.05, 4.69) is 18.7 Å². The van der Waals surface area contributed by atoms with Crippen LogP contribution in [0, 0.1) is 5.82 Å². The molecule has 7 heteroatoms. The molecule has 29 heavy (non-hydrogen) atoms. The largest absolute Gasteiger partial charge is 0.496 e. The van der Waals surface area contributed by atoms with E-state index in [1.807, 2.05) is 18.2 Å². The summed E-state index contributed by atoms with van der Waals surface area (Å²) in [6.45, 7) is 5.81. The molecule has 0 bridgehead atoms. The molecule has 0 spiro atoms. The van der Waals surface area contributed by atoms with E-state index in [9.17, 15) is 14.0 Å². The van der Waals surface area contributed by atoms with Crippen molar-refractivity contribution in [1.29, 1.82) is 0 Å². The fourth-order valence-corrected chi connectivity index (χ4v) is 4.01. The Kier molecular flexibility index (Phi) is 6.59. The molecular weight excluding hydrogens is 391 g/mol. The predicted molar refractivity (Wildman–Crippen MR) is 114 cm³/mol. The average Bonchev–Trinajstić information content (AvgIpc) is 2.98. The number of halogens is 1. The number of nitrogens with zero attached hydrogens (tertiary/aromatic N) is 2. The minimum Gasteiger partial charge on any atom is -0.496 e. The summed E-state index contributed by atoms with van der Waals surface area (Å²) in [5, 5.41) is -0.414. The lowest BCUT2D eigenvalue weighted by molar-refractivity contribution is -0.123. The number of carbonyl (C=O) groups excluding carboxylic acids is 2. The second kappa shape index (κ2) is 9.13. The van der Waals surface area contributed by atoms with Crippen LogP contribution in [0.4, 0.5) is 14.9 Å². The third-order valence-electron chi connectivity index (χ3n) is 4.79. The fraction of sp³-hybridized carbons (Fsp3) is 0.273. The highest BCUT2D eigenvalue weighted by atomic mass is 32.2. The van der Waals surface area contributed by atoms with Crippen molar-refractivity contribution < 1.29 is 18.7 Å². The highest BCUT2D eigenvalue weighted by Gasteiger charge is 2.35. The van der Waals surface area contributed by atoms with Crippen LogP contribution in [0.15, 0.2) is 47.4 Å². The maximum atomic E-state index is 13.9. The number of ether oxygens (including phenoxy) is 1. The number of thioether (sulfide) groups is 1. The number of methoxy groups -OCH3 is 1. The summed E-state index contributed by atoms with van der Waals surface area (Å²) in [5.74, 6) is -0.252. The number of amides is 2. The molecule has 0 aromatic heterocycles. The van der Waals surface area contributed by atoms with Crippen LogP contribution in [0.5, 0.6) is 5.75 Å². The SMILES string of the molecule is CCN(CC)c1ccc(/C=C2\SC(=O)N(Cc3ccccc3F)C2=O)c(OC)c1. The molecule has 0 saturated carbocycles. The summed E-state index contributed by atoms with van der Waals surface area (Å²) in [4.78, 5) is 28.6. The molecule has 0 atom stereocenters. The number of hydrogen-bond donors (Lipinski definition) is 0. The first-order valence-corrected chi connectivity index (χ1v) is 10.2. The van der Waals surface area contributed by atoms with Gasteiger partial charge in [-0.25, -0.2) is 4.39 Å². The van der Waals surface area contributed by atoms with Crippen molar-refractivity contribution in [2.24, 2.45) is 0 Å². The molecule has 1 saturated heterocycles. The van der Waals surface area contributed by atoms with E-state index < -0.39 is 17.0 Å². The maximum absolute atomic E-state index is 13.9. The average molecular weight is 415 g/mol. The van der Waals surface area contributed by atoms with Gasteiger partial charge in [-0.2, -0.15) is 0 Å². The van der Waals surface area contributed by atoms with Crippen LogP contribution in [0.2, 0.25) is 0 Å². The fourth-order valence-electron chi connectivity index (χ4n) is 3.18. The predicted octanol–water partition coefficient (Wildman–Crippen LogP) is 4.92. The normalized spacial score (nSPS) is 15.3. The van der Waals surface area contributed by atoms with Gasteiger partial charge in [0.1, 0.15) is 11.6 Å². The number of carbonyl (C=O) groups is 2. The van der Waals surface area contributed by atoms with Gasteiger partial charge in [-0.1, -0.05) is 18.2 Å². The number of imide groups is 1. The monoisotopic (exact) mass is 414 g/mol. The second-order valence-electron chi connectivity index (χ2n) is 6.46. The first-order chi connectivity index (χ1) is 14.0. The molecule has 1 heterocycles. The molecule has 1 fully saturated rings. The summed E-state index contributed by atoms with van der Waals surface area (Å²) in [5.41, 5.74) is 2.04. The molecule has 2 amide bonds. The van der Waals surface area contributed by atoms with Crippen molar-refractivity contribution in [3.05, 3.63) is 64.3 Å². The van der Waals surface area contributed by atoms with Gasteiger partial charge in [0.2, 0.25) is 0 Å². The van der Waals surface area contributed by atoms with Crippen molar-refractivity contribution in [3.63, 3.8) is 0 Å². The van der Waals surface area contributed by atoms with Crippen LogP contribution in [0.1, 0.15) is 25.0 Å². The van der Waals surface area contributed by atoms with Crippen LogP contribution in [0.25, 0.3) is 6.08 Å². The molecule has 3 rings (SSSR count). The lowest BCUT2D eigenvalue weighted by atomic mass is 10.1. The Morgan fingerprint density at radius 2 is 1.86 bits per heavy atom. The summed E-state index contributed by atoms with van der Waals surface area (Å²) >= 11 is 0.851. The molecule has 1 aliphatic rings. The van der Waals surface area contributed by atoms with E-state index in [1.165, 1.54) is 6.07 Å². The van der Waals surface area contributed by atoms with Gasteiger partial charge in [0.25, 0.3) is 11.1 Å². The topological polar surface area (TPSA) is 49.9 Å². The summed E-state index contributed by atoms with van der Waals surface area (Å²) < 4.78 is 19.4. The van der Waals surface area contributed by atoms with E-state index in [4.69, 9.17) is 4.74 Å². The standard InChI is InChI=1S/C22H23FN2O3S/c1-4-24(5-2)17-11-10-15(19(13-17)28-3)12-20-21(26)25(22(27)29-20)14-16-8-6-7-9-18(16)23/h6-13H,4-5,14H2,1-3H3/b20-12-. The Morgan fingerprint density at radius 3 is 2.52 bits per heavy atom. The minimum absolute atomic E-state index is 0.0906. The van der Waals surface area contributed by atoms with Crippen molar-refractivity contribution >= 4 is 34.7 Å². The van der Waals surface area contributed by atoms with Crippen LogP contribution < -0.4 is 9.64 Å². The number of rotatable bonds is 7. The molecule has 0 unspecified atom stereocenters. The Morgan fingerprint density at radius 1 is 1.14 bits per heavy atom. The first-order valence-electron chi connectivity index (χ1n) is 9.40. The third kappa shape index (κ3) is 4.45.